The standard InChI is InChI=1S/C29H28BrCl2N3O4/c1-2-14-29(28(37)35-33-18-21-6-11-23(31)17-25(21)32)26(19-4-9-22(30)10-5-19)39-27(34-29)20-7-12-24(13-8-20)38-16-3-15-36/h2,4-13,17,26,33,36H,1,3,14-16,18H2,(H,35,37)/t26-,29-/m0/s1. The number of nitrogens with zero attached hydrogens (tertiary/aromatic N) is 1. The molecule has 0 fully saturated rings. The van der Waals surface area contributed by atoms with Crippen molar-refractivity contribution in [2.45, 2.75) is 31.0 Å². The second kappa shape index (κ2) is 13.5. The number of benzene rings is 3. The number of carbonyl (C=O) groups is 1. The molecule has 3 aromatic rings. The van der Waals surface area contributed by atoms with Gasteiger partial charge in [0, 0.05) is 46.1 Å². The number of hydrogen-bond donors (Lipinski definition) is 3. The van der Waals surface area contributed by atoms with Gasteiger partial charge in [-0.15, -0.1) is 6.58 Å². The van der Waals surface area contributed by atoms with Gasteiger partial charge in [0.25, 0.3) is 5.91 Å². The van der Waals surface area contributed by atoms with Crippen LogP contribution >= 0.6 is 39.1 Å². The van der Waals surface area contributed by atoms with Gasteiger partial charge in [-0.1, -0.05) is 63.4 Å². The fraction of sp³-hybridized carbons (Fsp3) is 0.241. The van der Waals surface area contributed by atoms with Gasteiger partial charge in [0.05, 0.1) is 6.61 Å². The Balaban J connectivity index is 1.61. The number of hydrogen-bond acceptors (Lipinski definition) is 6. The van der Waals surface area contributed by atoms with E-state index in [1.165, 1.54) is 0 Å². The second-order valence-corrected chi connectivity index (χ2v) is 10.6. The summed E-state index contributed by atoms with van der Waals surface area (Å²) in [5.74, 6) is 0.623. The number of halogens is 3. The summed E-state index contributed by atoms with van der Waals surface area (Å²) in [5, 5.41) is 9.99. The normalized spacial score (nSPS) is 18.3. The fourth-order valence-electron chi connectivity index (χ4n) is 4.17. The van der Waals surface area contributed by atoms with Crippen LogP contribution in [0.3, 0.4) is 0 Å². The highest BCUT2D eigenvalue weighted by atomic mass is 79.9. The van der Waals surface area contributed by atoms with Gasteiger partial charge in [-0.3, -0.25) is 10.2 Å². The quantitative estimate of drug-likeness (QED) is 0.126. The van der Waals surface area contributed by atoms with Crippen molar-refractivity contribution in [3.63, 3.8) is 0 Å². The molecule has 0 aliphatic carbocycles. The summed E-state index contributed by atoms with van der Waals surface area (Å²) >= 11 is 15.7. The summed E-state index contributed by atoms with van der Waals surface area (Å²) in [7, 11) is 0. The van der Waals surface area contributed by atoms with E-state index in [0.717, 1.165) is 15.6 Å². The lowest BCUT2D eigenvalue weighted by atomic mass is 9.84. The number of amides is 1. The third-order valence-electron chi connectivity index (χ3n) is 6.15. The smallest absolute Gasteiger partial charge is 0.266 e. The van der Waals surface area contributed by atoms with Crippen molar-refractivity contribution in [1.29, 1.82) is 0 Å². The molecule has 0 aromatic heterocycles. The highest BCUT2D eigenvalue weighted by Gasteiger charge is 2.52. The van der Waals surface area contributed by atoms with Gasteiger partial charge < -0.3 is 14.6 Å². The van der Waals surface area contributed by atoms with Crippen LogP contribution in [0.15, 0.2) is 88.9 Å². The van der Waals surface area contributed by atoms with Crippen LogP contribution < -0.4 is 15.6 Å². The summed E-state index contributed by atoms with van der Waals surface area (Å²) in [6.45, 7) is 4.65. The maximum atomic E-state index is 13.8. The molecule has 0 saturated heterocycles. The van der Waals surface area contributed by atoms with E-state index >= 15 is 0 Å². The molecule has 0 spiro atoms. The number of hydrazine groups is 1. The number of carbonyl (C=O) groups excluding carboxylic acids is 1. The minimum absolute atomic E-state index is 0.0647. The molecule has 1 aliphatic rings. The van der Waals surface area contributed by atoms with Crippen LogP contribution in [0, 0.1) is 0 Å². The van der Waals surface area contributed by atoms with Crippen molar-refractivity contribution in [3.8, 4) is 5.75 Å². The molecule has 0 radical (unpaired) electrons. The first-order valence-corrected chi connectivity index (χ1v) is 13.9. The molecule has 4 rings (SSSR count). The number of aliphatic imine (C=N–C) groups is 1. The van der Waals surface area contributed by atoms with Crippen LogP contribution in [0.2, 0.25) is 10.0 Å². The summed E-state index contributed by atoms with van der Waals surface area (Å²) in [5.41, 5.74) is 6.70. The predicted octanol–water partition coefficient (Wildman–Crippen LogP) is 6.17. The molecule has 204 valence electrons. The lowest BCUT2D eigenvalue weighted by molar-refractivity contribution is -0.129. The number of aliphatic hydroxyl groups excluding tert-OH is 1. The van der Waals surface area contributed by atoms with Gasteiger partial charge in [-0.05, 0) is 59.7 Å². The molecule has 2 atom stereocenters. The number of ether oxygens (including phenoxy) is 2. The van der Waals surface area contributed by atoms with Gasteiger partial charge >= 0.3 is 0 Å². The molecule has 10 heteroatoms. The Morgan fingerprint density at radius 2 is 1.90 bits per heavy atom. The van der Waals surface area contributed by atoms with E-state index in [1.54, 1.807) is 36.4 Å². The van der Waals surface area contributed by atoms with Crippen LogP contribution in [-0.4, -0.2) is 35.7 Å². The average molecular weight is 633 g/mol. The van der Waals surface area contributed by atoms with Crippen LogP contribution in [0.5, 0.6) is 5.75 Å². The second-order valence-electron chi connectivity index (χ2n) is 8.88. The van der Waals surface area contributed by atoms with E-state index in [0.29, 0.717) is 40.3 Å². The molecule has 0 bridgehead atoms. The molecule has 1 aliphatic heterocycles. The van der Waals surface area contributed by atoms with Crippen molar-refractivity contribution in [1.82, 2.24) is 10.9 Å². The van der Waals surface area contributed by atoms with E-state index < -0.39 is 11.6 Å². The Hall–Kier alpha value is -2.88. The zero-order valence-corrected chi connectivity index (χ0v) is 24.1. The lowest BCUT2D eigenvalue weighted by Gasteiger charge is -2.29. The van der Waals surface area contributed by atoms with Crippen molar-refractivity contribution in [2.75, 3.05) is 13.2 Å². The van der Waals surface area contributed by atoms with Gasteiger partial charge in [0.2, 0.25) is 5.90 Å². The molecule has 0 saturated carbocycles. The fourth-order valence-corrected chi connectivity index (χ4v) is 4.91. The topological polar surface area (TPSA) is 92.2 Å². The van der Waals surface area contributed by atoms with Gasteiger partial charge in [0.15, 0.2) is 11.6 Å². The molecular weight excluding hydrogens is 605 g/mol. The van der Waals surface area contributed by atoms with E-state index in [1.807, 2.05) is 36.4 Å². The van der Waals surface area contributed by atoms with E-state index in [-0.39, 0.29) is 25.5 Å². The Morgan fingerprint density at radius 1 is 1.15 bits per heavy atom. The summed E-state index contributed by atoms with van der Waals surface area (Å²) < 4.78 is 12.9. The number of nitrogens with one attached hydrogen (secondary N) is 2. The summed E-state index contributed by atoms with van der Waals surface area (Å²) in [6, 6.07) is 20.0. The molecule has 1 heterocycles. The van der Waals surface area contributed by atoms with Crippen molar-refractivity contribution < 1.29 is 19.4 Å². The monoisotopic (exact) mass is 631 g/mol. The zero-order valence-electron chi connectivity index (χ0n) is 21.0. The van der Waals surface area contributed by atoms with Gasteiger partial charge in [0.1, 0.15) is 5.75 Å². The van der Waals surface area contributed by atoms with Crippen molar-refractivity contribution >= 4 is 50.9 Å². The molecule has 3 N–H and O–H groups in total. The summed E-state index contributed by atoms with van der Waals surface area (Å²) in [4.78, 5) is 18.7. The summed E-state index contributed by atoms with van der Waals surface area (Å²) in [6.07, 6.45) is 1.73. The van der Waals surface area contributed by atoms with E-state index in [4.69, 9.17) is 42.8 Å². The highest BCUT2D eigenvalue weighted by Crippen LogP contribution is 2.43. The maximum Gasteiger partial charge on any atom is 0.266 e. The molecule has 39 heavy (non-hydrogen) atoms. The first kappa shape index (κ1) is 29.1. The maximum absolute atomic E-state index is 13.8. The number of aliphatic hydroxyl groups is 1. The predicted molar refractivity (Wildman–Crippen MR) is 157 cm³/mol. The van der Waals surface area contributed by atoms with Crippen LogP contribution in [0.1, 0.15) is 35.6 Å². The first-order valence-electron chi connectivity index (χ1n) is 12.3. The highest BCUT2D eigenvalue weighted by molar-refractivity contribution is 9.10. The minimum atomic E-state index is -1.32. The molecule has 0 unspecified atom stereocenters. The van der Waals surface area contributed by atoms with Gasteiger partial charge in [-0.25, -0.2) is 10.4 Å². The van der Waals surface area contributed by atoms with Crippen molar-refractivity contribution in [2.24, 2.45) is 4.99 Å². The van der Waals surface area contributed by atoms with Crippen LogP contribution in [-0.2, 0) is 16.1 Å². The molecule has 1 amide bonds. The SMILES string of the molecule is C=CC[C@]1(C(=O)NNCc2ccc(Cl)cc2Cl)N=C(c2ccc(OCCCO)cc2)O[C@H]1c1ccc(Br)cc1. The first-order chi connectivity index (χ1) is 18.9. The molecule has 7 nitrogen and oxygen atoms in total. The largest absolute Gasteiger partial charge is 0.494 e. The Labute approximate surface area is 245 Å². The Bertz CT molecular complexity index is 1340. The zero-order chi connectivity index (χ0) is 27.8. The average Bonchev–Trinajstić information content (AvgIpc) is 3.31. The Morgan fingerprint density at radius 3 is 2.56 bits per heavy atom. The van der Waals surface area contributed by atoms with Gasteiger partial charge in [-0.2, -0.15) is 0 Å². The Kier molecular flexibility index (Phi) is 10.0. The molecular formula is C29H28BrCl2N3O4. The van der Waals surface area contributed by atoms with Crippen molar-refractivity contribution in [3.05, 3.63) is 111 Å². The van der Waals surface area contributed by atoms with E-state index in [9.17, 15) is 4.79 Å². The number of rotatable bonds is 12. The minimum Gasteiger partial charge on any atom is -0.494 e. The van der Waals surface area contributed by atoms with Crippen LogP contribution in [0.25, 0.3) is 0 Å². The van der Waals surface area contributed by atoms with Crippen LogP contribution in [0.4, 0.5) is 0 Å². The third kappa shape index (κ3) is 7.01. The van der Waals surface area contributed by atoms with E-state index in [2.05, 4.69) is 33.4 Å². The molecule has 3 aromatic carbocycles. The lowest BCUT2D eigenvalue weighted by Crippen LogP contribution is -2.52. The third-order valence-corrected chi connectivity index (χ3v) is 7.27.